The largest absolute Gasteiger partial charge is 0.383 e. The predicted octanol–water partition coefficient (Wildman–Crippen LogP) is 2.47. The van der Waals surface area contributed by atoms with E-state index in [0.29, 0.717) is 6.07 Å². The molecular weight excluding hydrogens is 278 g/mol. The average molecular weight is 285 g/mol. The molecule has 0 fully saturated rings. The first-order chi connectivity index (χ1) is 9.38. The van der Waals surface area contributed by atoms with Crippen molar-refractivity contribution in [2.75, 3.05) is 11.1 Å². The van der Waals surface area contributed by atoms with Crippen molar-refractivity contribution in [1.82, 2.24) is 4.98 Å². The van der Waals surface area contributed by atoms with Crippen LogP contribution in [0.4, 0.5) is 29.1 Å². The summed E-state index contributed by atoms with van der Waals surface area (Å²) in [7, 11) is 0. The maximum atomic E-state index is 13.3. The number of nitrogen functional groups attached to an aromatic ring is 1. The summed E-state index contributed by atoms with van der Waals surface area (Å²) in [5, 5.41) is 1.96. The topological polar surface area (TPSA) is 68.0 Å². The van der Waals surface area contributed by atoms with Crippen LogP contribution in [0.5, 0.6) is 0 Å². The van der Waals surface area contributed by atoms with E-state index in [4.69, 9.17) is 5.73 Å². The Balaban J connectivity index is 2.32. The van der Waals surface area contributed by atoms with Crippen LogP contribution >= 0.6 is 0 Å². The Morgan fingerprint density at radius 1 is 1.05 bits per heavy atom. The lowest BCUT2D eigenvalue weighted by Crippen LogP contribution is -2.16. The van der Waals surface area contributed by atoms with Gasteiger partial charge in [0.1, 0.15) is 17.5 Å². The fraction of sp³-hybridized carbons (Fsp3) is 0. The Bertz CT molecular complexity index is 691. The Morgan fingerprint density at radius 2 is 1.70 bits per heavy atom. The second-order valence-corrected chi connectivity index (χ2v) is 3.79. The van der Waals surface area contributed by atoms with Crippen LogP contribution < -0.4 is 11.1 Å². The fourth-order valence-electron chi connectivity index (χ4n) is 1.44. The molecule has 1 heterocycles. The molecule has 104 valence electrons. The third kappa shape index (κ3) is 2.68. The molecule has 2 aromatic rings. The van der Waals surface area contributed by atoms with Crippen LogP contribution in [-0.2, 0) is 0 Å². The molecule has 0 unspecified atom stereocenters. The number of carbonyl (C=O) groups excluding carboxylic acids is 1. The van der Waals surface area contributed by atoms with E-state index in [-0.39, 0.29) is 17.4 Å². The molecule has 3 N–H and O–H groups in total. The highest BCUT2D eigenvalue weighted by Crippen LogP contribution is 2.20. The molecular formula is C12H7F4N3O. The first-order valence-corrected chi connectivity index (χ1v) is 5.25. The van der Waals surface area contributed by atoms with Crippen molar-refractivity contribution in [1.29, 1.82) is 0 Å². The highest BCUT2D eigenvalue weighted by atomic mass is 19.2. The number of hydrogen-bond donors (Lipinski definition) is 2. The quantitative estimate of drug-likeness (QED) is 0.658. The molecule has 0 spiro atoms. The van der Waals surface area contributed by atoms with Gasteiger partial charge in [-0.05, 0) is 6.07 Å². The third-order valence-electron chi connectivity index (χ3n) is 2.39. The number of benzene rings is 1. The number of nitrogens with two attached hydrogens (primary N) is 1. The number of nitrogens with zero attached hydrogens (tertiary/aromatic N) is 1. The summed E-state index contributed by atoms with van der Waals surface area (Å²) in [5.41, 5.74) is 4.42. The second kappa shape index (κ2) is 5.16. The van der Waals surface area contributed by atoms with Crippen molar-refractivity contribution in [3.8, 4) is 0 Å². The molecule has 2 rings (SSSR count). The molecule has 0 saturated heterocycles. The van der Waals surface area contributed by atoms with Crippen molar-refractivity contribution >= 4 is 17.4 Å². The predicted molar refractivity (Wildman–Crippen MR) is 62.9 cm³/mol. The molecule has 0 bridgehead atoms. The van der Waals surface area contributed by atoms with Gasteiger partial charge in [-0.15, -0.1) is 0 Å². The van der Waals surface area contributed by atoms with Crippen molar-refractivity contribution in [2.45, 2.75) is 0 Å². The third-order valence-corrected chi connectivity index (χ3v) is 2.39. The molecule has 0 radical (unpaired) electrons. The van der Waals surface area contributed by atoms with Gasteiger partial charge < -0.3 is 11.1 Å². The molecule has 0 aliphatic heterocycles. The standard InChI is InChI=1S/C12H7F4N3O/c13-5-1-6(11(17)18-4-5)12(20)19-10-3-8(15)7(14)2-9(10)16/h1-4H,(H2,17,18)(H,19,20). The minimum atomic E-state index is -1.40. The van der Waals surface area contributed by atoms with Crippen LogP contribution in [-0.4, -0.2) is 10.9 Å². The van der Waals surface area contributed by atoms with Crippen molar-refractivity contribution in [3.05, 3.63) is 53.2 Å². The Hall–Kier alpha value is -2.64. The van der Waals surface area contributed by atoms with Crippen molar-refractivity contribution in [2.24, 2.45) is 0 Å². The molecule has 0 aliphatic rings. The monoisotopic (exact) mass is 285 g/mol. The molecule has 1 aromatic carbocycles. The normalized spacial score (nSPS) is 10.4. The molecule has 0 saturated carbocycles. The molecule has 8 heteroatoms. The fourth-order valence-corrected chi connectivity index (χ4v) is 1.44. The van der Waals surface area contributed by atoms with Gasteiger partial charge in [0.05, 0.1) is 17.4 Å². The van der Waals surface area contributed by atoms with Crippen LogP contribution in [0.25, 0.3) is 0 Å². The molecule has 4 nitrogen and oxygen atoms in total. The number of rotatable bonds is 2. The minimum Gasteiger partial charge on any atom is -0.383 e. The van der Waals surface area contributed by atoms with Gasteiger partial charge in [-0.1, -0.05) is 0 Å². The second-order valence-electron chi connectivity index (χ2n) is 3.79. The number of halogens is 4. The van der Waals surface area contributed by atoms with Crippen molar-refractivity contribution < 1.29 is 22.4 Å². The van der Waals surface area contributed by atoms with E-state index >= 15 is 0 Å². The van der Waals surface area contributed by atoms with Gasteiger partial charge in [0.25, 0.3) is 5.91 Å². The lowest BCUT2D eigenvalue weighted by molar-refractivity contribution is 0.102. The van der Waals surface area contributed by atoms with E-state index < -0.39 is 34.9 Å². The van der Waals surface area contributed by atoms with E-state index in [1.165, 1.54) is 0 Å². The first kappa shape index (κ1) is 13.8. The molecule has 20 heavy (non-hydrogen) atoms. The SMILES string of the molecule is Nc1ncc(F)cc1C(=O)Nc1cc(F)c(F)cc1F. The van der Waals surface area contributed by atoms with E-state index in [0.717, 1.165) is 12.3 Å². The Kier molecular flexibility index (Phi) is 3.55. The number of nitrogens with one attached hydrogen (secondary N) is 1. The number of aromatic nitrogens is 1. The molecule has 1 aromatic heterocycles. The van der Waals surface area contributed by atoms with Gasteiger partial charge in [0, 0.05) is 12.1 Å². The zero-order valence-electron chi connectivity index (χ0n) is 9.75. The zero-order valence-corrected chi connectivity index (χ0v) is 9.75. The van der Waals surface area contributed by atoms with E-state index in [1.54, 1.807) is 0 Å². The van der Waals surface area contributed by atoms with Gasteiger partial charge in [-0.25, -0.2) is 22.5 Å². The van der Waals surface area contributed by atoms with Crippen LogP contribution in [0.1, 0.15) is 10.4 Å². The van der Waals surface area contributed by atoms with Crippen LogP contribution in [0.15, 0.2) is 24.4 Å². The highest BCUT2D eigenvalue weighted by Gasteiger charge is 2.16. The molecule has 0 atom stereocenters. The summed E-state index contributed by atoms with van der Waals surface area (Å²) in [4.78, 5) is 15.2. The van der Waals surface area contributed by atoms with Gasteiger partial charge in [-0.3, -0.25) is 4.79 Å². The summed E-state index contributed by atoms with van der Waals surface area (Å²) in [6.07, 6.45) is 0.796. The average Bonchev–Trinajstić information content (AvgIpc) is 2.38. The number of carbonyl (C=O) groups is 1. The number of pyridine rings is 1. The highest BCUT2D eigenvalue weighted by molar-refractivity contribution is 6.07. The van der Waals surface area contributed by atoms with E-state index in [9.17, 15) is 22.4 Å². The first-order valence-electron chi connectivity index (χ1n) is 5.25. The minimum absolute atomic E-state index is 0.276. The Labute approximate surface area is 110 Å². The van der Waals surface area contributed by atoms with Gasteiger partial charge >= 0.3 is 0 Å². The maximum absolute atomic E-state index is 13.3. The van der Waals surface area contributed by atoms with E-state index in [2.05, 4.69) is 4.98 Å². The van der Waals surface area contributed by atoms with Gasteiger partial charge in [0.15, 0.2) is 11.6 Å². The van der Waals surface area contributed by atoms with Gasteiger partial charge in [-0.2, -0.15) is 0 Å². The Morgan fingerprint density at radius 3 is 2.40 bits per heavy atom. The summed E-state index contributed by atoms with van der Waals surface area (Å²) in [6.45, 7) is 0. The lowest BCUT2D eigenvalue weighted by Gasteiger charge is -2.08. The van der Waals surface area contributed by atoms with Crippen LogP contribution in [0, 0.1) is 23.3 Å². The maximum Gasteiger partial charge on any atom is 0.259 e. The van der Waals surface area contributed by atoms with Crippen molar-refractivity contribution in [3.63, 3.8) is 0 Å². The molecule has 1 amide bonds. The summed E-state index contributed by atoms with van der Waals surface area (Å²) < 4.78 is 52.0. The number of hydrogen-bond acceptors (Lipinski definition) is 3. The van der Waals surface area contributed by atoms with Crippen LogP contribution in [0.2, 0.25) is 0 Å². The summed E-state index contributed by atoms with van der Waals surface area (Å²) >= 11 is 0. The summed E-state index contributed by atoms with van der Waals surface area (Å²) in [6, 6.07) is 1.53. The van der Waals surface area contributed by atoms with E-state index in [1.807, 2.05) is 5.32 Å². The smallest absolute Gasteiger partial charge is 0.259 e. The van der Waals surface area contributed by atoms with Gasteiger partial charge in [0.2, 0.25) is 0 Å². The van der Waals surface area contributed by atoms with Crippen LogP contribution in [0.3, 0.4) is 0 Å². The lowest BCUT2D eigenvalue weighted by atomic mass is 10.2. The zero-order chi connectivity index (χ0) is 14.9. The molecule has 0 aliphatic carbocycles. The summed E-state index contributed by atoms with van der Waals surface area (Å²) in [5.74, 6) is -6.03. The number of amides is 1. The number of anilines is 2.